The summed E-state index contributed by atoms with van der Waals surface area (Å²) in [5, 5.41) is 0. The van der Waals surface area contributed by atoms with Gasteiger partial charge in [0.05, 0.1) is 13.2 Å². The van der Waals surface area contributed by atoms with Crippen molar-refractivity contribution in [3.63, 3.8) is 0 Å². The van der Waals surface area contributed by atoms with Gasteiger partial charge in [0, 0.05) is 11.6 Å². The average Bonchev–Trinajstić information content (AvgIpc) is 2.68. The van der Waals surface area contributed by atoms with Crippen LogP contribution in [0.2, 0.25) is 0 Å². The first-order valence-corrected chi connectivity index (χ1v) is 10.5. The minimum Gasteiger partial charge on any atom is -0.493 e. The van der Waals surface area contributed by atoms with Gasteiger partial charge in [0.2, 0.25) is 0 Å². The molecule has 0 aliphatic carbocycles. The molecule has 0 saturated carbocycles. The van der Waals surface area contributed by atoms with Crippen LogP contribution in [0.25, 0.3) is 0 Å². The van der Waals surface area contributed by atoms with E-state index in [-0.39, 0.29) is 0 Å². The van der Waals surface area contributed by atoms with Crippen molar-refractivity contribution in [1.29, 1.82) is 0 Å². The zero-order valence-electron chi connectivity index (χ0n) is 17.3. The van der Waals surface area contributed by atoms with Crippen LogP contribution in [0.5, 0.6) is 11.5 Å². The normalized spacial score (nSPS) is 13.2. The van der Waals surface area contributed by atoms with Crippen LogP contribution in [-0.4, -0.2) is 19.5 Å². The van der Waals surface area contributed by atoms with Crippen LogP contribution in [-0.2, 0) is 0 Å². The number of hydrogen-bond acceptors (Lipinski definition) is 3. The number of aldehydes is 1. The van der Waals surface area contributed by atoms with Crippen molar-refractivity contribution >= 4 is 6.29 Å². The van der Waals surface area contributed by atoms with Gasteiger partial charge >= 0.3 is 0 Å². The average molecular weight is 363 g/mol. The van der Waals surface area contributed by atoms with Crippen LogP contribution in [0.3, 0.4) is 0 Å². The first kappa shape index (κ1) is 22.5. The predicted octanol–water partition coefficient (Wildman–Crippen LogP) is 6.69. The molecule has 3 heteroatoms. The molecule has 0 saturated heterocycles. The van der Waals surface area contributed by atoms with E-state index in [2.05, 4.69) is 27.7 Å². The molecule has 0 fully saturated rings. The summed E-state index contributed by atoms with van der Waals surface area (Å²) >= 11 is 0. The summed E-state index contributed by atoms with van der Waals surface area (Å²) in [6, 6.07) is 5.54. The quantitative estimate of drug-likeness (QED) is 0.326. The largest absolute Gasteiger partial charge is 0.493 e. The van der Waals surface area contributed by atoms with Gasteiger partial charge in [-0.25, -0.2) is 0 Å². The lowest BCUT2D eigenvalue weighted by molar-refractivity contribution is 0.112. The molecule has 0 radical (unpaired) electrons. The Balaban J connectivity index is 2.67. The Bertz CT molecular complexity index is 460. The lowest BCUT2D eigenvalue weighted by Gasteiger charge is -2.18. The Labute approximate surface area is 160 Å². The number of carbonyl (C=O) groups is 1. The highest BCUT2D eigenvalue weighted by Gasteiger charge is 2.11. The second-order valence-corrected chi connectivity index (χ2v) is 7.31. The molecule has 148 valence electrons. The second-order valence-electron chi connectivity index (χ2n) is 7.31. The highest BCUT2D eigenvalue weighted by atomic mass is 16.5. The molecule has 0 N–H and O–H groups in total. The van der Waals surface area contributed by atoms with E-state index in [0.29, 0.717) is 30.6 Å². The SMILES string of the molecule is CCCCC(CC)COc1cc(C=O)cc(OCC(CC)CCCC)c1. The van der Waals surface area contributed by atoms with E-state index in [0.717, 1.165) is 30.6 Å². The molecule has 0 heterocycles. The third-order valence-corrected chi connectivity index (χ3v) is 5.10. The second kappa shape index (κ2) is 13.7. The molecule has 1 aromatic carbocycles. The van der Waals surface area contributed by atoms with Crippen molar-refractivity contribution in [3.8, 4) is 11.5 Å². The molecular weight excluding hydrogens is 324 g/mol. The van der Waals surface area contributed by atoms with E-state index in [1.807, 2.05) is 6.07 Å². The molecule has 0 bridgehead atoms. The van der Waals surface area contributed by atoms with Crippen molar-refractivity contribution in [2.45, 2.75) is 79.1 Å². The van der Waals surface area contributed by atoms with Gasteiger partial charge in [-0.3, -0.25) is 4.79 Å². The molecule has 0 aliphatic rings. The van der Waals surface area contributed by atoms with Gasteiger partial charge in [-0.05, 0) is 36.8 Å². The smallest absolute Gasteiger partial charge is 0.150 e. The fraction of sp³-hybridized carbons (Fsp3) is 0.696. The molecule has 0 aromatic heterocycles. The molecule has 26 heavy (non-hydrogen) atoms. The van der Waals surface area contributed by atoms with Gasteiger partial charge in [-0.1, -0.05) is 66.2 Å². The summed E-state index contributed by atoms with van der Waals surface area (Å²) in [6.07, 6.45) is 10.4. The molecule has 1 rings (SSSR count). The highest BCUT2D eigenvalue weighted by Crippen LogP contribution is 2.25. The first-order chi connectivity index (χ1) is 12.7. The van der Waals surface area contributed by atoms with Gasteiger partial charge < -0.3 is 9.47 Å². The molecule has 0 aliphatic heterocycles. The van der Waals surface area contributed by atoms with Crippen molar-refractivity contribution in [2.24, 2.45) is 11.8 Å². The van der Waals surface area contributed by atoms with Gasteiger partial charge in [0.15, 0.2) is 0 Å². The fourth-order valence-corrected chi connectivity index (χ4v) is 3.05. The van der Waals surface area contributed by atoms with Gasteiger partial charge in [-0.2, -0.15) is 0 Å². The summed E-state index contributed by atoms with van der Waals surface area (Å²) < 4.78 is 12.0. The van der Waals surface area contributed by atoms with Crippen LogP contribution >= 0.6 is 0 Å². The molecule has 0 spiro atoms. The van der Waals surface area contributed by atoms with Crippen molar-refractivity contribution < 1.29 is 14.3 Å². The Morgan fingerprint density at radius 1 is 0.808 bits per heavy atom. The summed E-state index contributed by atoms with van der Waals surface area (Å²) in [7, 11) is 0. The minimum absolute atomic E-state index is 0.567. The van der Waals surface area contributed by atoms with E-state index in [1.54, 1.807) is 12.1 Å². The fourth-order valence-electron chi connectivity index (χ4n) is 3.05. The zero-order chi connectivity index (χ0) is 19.2. The lowest BCUT2D eigenvalue weighted by atomic mass is 10.0. The third-order valence-electron chi connectivity index (χ3n) is 5.10. The number of rotatable bonds is 15. The molecule has 2 atom stereocenters. The Morgan fingerprint density at radius 2 is 1.27 bits per heavy atom. The standard InChI is InChI=1S/C23H38O3/c1-5-9-11-19(7-3)17-25-22-13-21(16-24)14-23(15-22)26-18-20(8-4)12-10-6-2/h13-16,19-20H,5-12,17-18H2,1-4H3. The topological polar surface area (TPSA) is 35.5 Å². The van der Waals surface area contributed by atoms with Crippen LogP contribution in [0.15, 0.2) is 18.2 Å². The van der Waals surface area contributed by atoms with Crippen LogP contribution < -0.4 is 9.47 Å². The van der Waals surface area contributed by atoms with Crippen molar-refractivity contribution in [1.82, 2.24) is 0 Å². The van der Waals surface area contributed by atoms with Gasteiger partial charge in [0.1, 0.15) is 17.8 Å². The number of benzene rings is 1. The summed E-state index contributed by atoms with van der Waals surface area (Å²) in [6.45, 7) is 10.3. The number of unbranched alkanes of at least 4 members (excludes halogenated alkanes) is 2. The van der Waals surface area contributed by atoms with Crippen molar-refractivity contribution in [2.75, 3.05) is 13.2 Å². The molecule has 1 aromatic rings. The maximum Gasteiger partial charge on any atom is 0.150 e. The Morgan fingerprint density at radius 3 is 1.62 bits per heavy atom. The molecule has 0 amide bonds. The predicted molar refractivity (Wildman–Crippen MR) is 109 cm³/mol. The van der Waals surface area contributed by atoms with E-state index < -0.39 is 0 Å². The van der Waals surface area contributed by atoms with E-state index in [1.165, 1.54) is 38.5 Å². The van der Waals surface area contributed by atoms with E-state index in [9.17, 15) is 4.79 Å². The summed E-state index contributed by atoms with van der Waals surface area (Å²) in [5.74, 6) is 2.61. The van der Waals surface area contributed by atoms with Crippen LogP contribution in [0, 0.1) is 11.8 Å². The number of carbonyl (C=O) groups excluding carboxylic acids is 1. The monoisotopic (exact) mass is 362 g/mol. The first-order valence-electron chi connectivity index (χ1n) is 10.5. The molecule has 3 nitrogen and oxygen atoms in total. The molecule has 2 unspecified atom stereocenters. The molecular formula is C23H38O3. The number of hydrogen-bond donors (Lipinski definition) is 0. The third kappa shape index (κ3) is 8.73. The minimum atomic E-state index is 0.567. The van der Waals surface area contributed by atoms with Gasteiger partial charge in [0.25, 0.3) is 0 Å². The lowest BCUT2D eigenvalue weighted by Crippen LogP contribution is -2.13. The highest BCUT2D eigenvalue weighted by molar-refractivity contribution is 5.76. The summed E-state index contributed by atoms with van der Waals surface area (Å²) in [4.78, 5) is 11.3. The van der Waals surface area contributed by atoms with E-state index >= 15 is 0 Å². The maximum atomic E-state index is 11.3. The summed E-state index contributed by atoms with van der Waals surface area (Å²) in [5.41, 5.74) is 0.612. The number of ether oxygens (including phenoxy) is 2. The van der Waals surface area contributed by atoms with Gasteiger partial charge in [-0.15, -0.1) is 0 Å². The van der Waals surface area contributed by atoms with Crippen LogP contribution in [0.4, 0.5) is 0 Å². The van der Waals surface area contributed by atoms with Crippen molar-refractivity contribution in [3.05, 3.63) is 23.8 Å². The zero-order valence-corrected chi connectivity index (χ0v) is 17.3. The van der Waals surface area contributed by atoms with Crippen LogP contribution in [0.1, 0.15) is 89.4 Å². The Kier molecular flexibility index (Phi) is 11.8. The maximum absolute atomic E-state index is 11.3. The van der Waals surface area contributed by atoms with E-state index in [4.69, 9.17) is 9.47 Å². The Hall–Kier alpha value is -1.51.